The Morgan fingerprint density at radius 1 is 0.871 bits per heavy atom. The highest BCUT2D eigenvalue weighted by Gasteiger charge is 2.31. The molecule has 4 nitrogen and oxygen atoms in total. The number of hydrogen-bond acceptors (Lipinski definition) is 4. The molecule has 0 aliphatic carbocycles. The van der Waals surface area contributed by atoms with Crippen molar-refractivity contribution in [2.75, 3.05) is 5.75 Å². The Balaban J connectivity index is 1.62. The van der Waals surface area contributed by atoms with E-state index in [0.29, 0.717) is 11.0 Å². The van der Waals surface area contributed by atoms with Crippen LogP contribution in [0.25, 0.3) is 17.1 Å². The maximum atomic E-state index is 12.9. The summed E-state index contributed by atoms with van der Waals surface area (Å²) in [6, 6.07) is 23.4. The number of rotatable bonds is 6. The molecule has 0 radical (unpaired) electrons. The summed E-state index contributed by atoms with van der Waals surface area (Å²) in [6.45, 7) is 0. The van der Waals surface area contributed by atoms with E-state index < -0.39 is 17.5 Å². The Morgan fingerprint density at radius 3 is 2.23 bits per heavy atom. The SMILES string of the molecule is O=C(CSc1nnc(-c2ccccc2)n1-c1ccccc1)c1cccc(C(F)(F)F)c1. The fourth-order valence-corrected chi connectivity index (χ4v) is 3.88. The summed E-state index contributed by atoms with van der Waals surface area (Å²) >= 11 is 1.13. The highest BCUT2D eigenvalue weighted by Crippen LogP contribution is 2.31. The Hall–Kier alpha value is -3.39. The van der Waals surface area contributed by atoms with Gasteiger partial charge in [0.25, 0.3) is 0 Å². The number of ketones is 1. The molecule has 0 bridgehead atoms. The van der Waals surface area contributed by atoms with Crippen LogP contribution in [0.15, 0.2) is 90.1 Å². The third kappa shape index (κ3) is 4.69. The van der Waals surface area contributed by atoms with Gasteiger partial charge in [0.2, 0.25) is 0 Å². The normalized spacial score (nSPS) is 11.5. The number of aromatic nitrogens is 3. The number of carbonyl (C=O) groups excluding carboxylic acids is 1. The molecular formula is C23H16F3N3OS. The van der Waals surface area contributed by atoms with Crippen molar-refractivity contribution in [1.29, 1.82) is 0 Å². The molecule has 156 valence electrons. The topological polar surface area (TPSA) is 47.8 Å². The van der Waals surface area contributed by atoms with Crippen molar-refractivity contribution in [2.24, 2.45) is 0 Å². The fraction of sp³-hybridized carbons (Fsp3) is 0.0870. The molecule has 3 aromatic carbocycles. The Morgan fingerprint density at radius 2 is 1.55 bits per heavy atom. The van der Waals surface area contributed by atoms with Crippen LogP contribution in [0.3, 0.4) is 0 Å². The molecule has 0 spiro atoms. The Bertz CT molecular complexity index is 1190. The molecule has 1 aromatic heterocycles. The van der Waals surface area contributed by atoms with Crippen molar-refractivity contribution in [3.8, 4) is 17.1 Å². The second-order valence-electron chi connectivity index (χ2n) is 6.63. The number of para-hydroxylation sites is 1. The number of halogens is 3. The molecule has 8 heteroatoms. The lowest BCUT2D eigenvalue weighted by molar-refractivity contribution is -0.137. The average Bonchev–Trinajstić information content (AvgIpc) is 3.22. The van der Waals surface area contributed by atoms with Gasteiger partial charge in [-0.25, -0.2) is 0 Å². The Labute approximate surface area is 180 Å². The number of benzene rings is 3. The predicted molar refractivity (Wildman–Crippen MR) is 113 cm³/mol. The largest absolute Gasteiger partial charge is 0.416 e. The summed E-state index contributed by atoms with van der Waals surface area (Å²) in [6.07, 6.45) is -4.50. The van der Waals surface area contributed by atoms with Gasteiger partial charge in [0.1, 0.15) is 0 Å². The Kier molecular flexibility index (Phi) is 5.90. The molecule has 4 aromatic rings. The van der Waals surface area contributed by atoms with Crippen molar-refractivity contribution < 1.29 is 18.0 Å². The number of Topliss-reactive ketones (excluding diaryl/α,β-unsaturated/α-hetero) is 1. The molecule has 0 saturated heterocycles. The minimum absolute atomic E-state index is 0.0105. The molecular weight excluding hydrogens is 423 g/mol. The van der Waals surface area contributed by atoms with Crippen LogP contribution in [-0.4, -0.2) is 26.3 Å². The molecule has 31 heavy (non-hydrogen) atoms. The zero-order valence-corrected chi connectivity index (χ0v) is 16.9. The van der Waals surface area contributed by atoms with Gasteiger partial charge < -0.3 is 0 Å². The van der Waals surface area contributed by atoms with Crippen molar-refractivity contribution in [1.82, 2.24) is 14.8 Å². The lowest BCUT2D eigenvalue weighted by Gasteiger charge is -2.10. The number of nitrogens with zero attached hydrogens (tertiary/aromatic N) is 3. The lowest BCUT2D eigenvalue weighted by atomic mass is 10.1. The second kappa shape index (κ2) is 8.77. The van der Waals surface area contributed by atoms with Gasteiger partial charge in [-0.2, -0.15) is 13.2 Å². The summed E-state index contributed by atoms with van der Waals surface area (Å²) in [5.41, 5.74) is 0.842. The van der Waals surface area contributed by atoms with Gasteiger partial charge in [-0.05, 0) is 24.3 Å². The monoisotopic (exact) mass is 439 g/mol. The molecule has 0 atom stereocenters. The summed E-state index contributed by atoms with van der Waals surface area (Å²) < 4.78 is 40.7. The minimum atomic E-state index is -4.50. The summed E-state index contributed by atoms with van der Waals surface area (Å²) in [7, 11) is 0. The maximum Gasteiger partial charge on any atom is 0.416 e. The van der Waals surface area contributed by atoms with Crippen LogP contribution in [0.1, 0.15) is 15.9 Å². The summed E-state index contributed by atoms with van der Waals surface area (Å²) in [5.74, 6) is 0.127. The number of thioether (sulfide) groups is 1. The van der Waals surface area contributed by atoms with Crippen LogP contribution in [0.4, 0.5) is 13.2 Å². The molecule has 0 saturated carbocycles. The van der Waals surface area contributed by atoms with Gasteiger partial charge in [0, 0.05) is 16.8 Å². The van der Waals surface area contributed by atoms with E-state index in [2.05, 4.69) is 10.2 Å². The first-order valence-electron chi connectivity index (χ1n) is 9.33. The van der Waals surface area contributed by atoms with Crippen LogP contribution in [0, 0.1) is 0 Å². The van der Waals surface area contributed by atoms with Crippen molar-refractivity contribution in [2.45, 2.75) is 11.3 Å². The van der Waals surface area contributed by atoms with Gasteiger partial charge >= 0.3 is 6.18 Å². The zero-order chi connectivity index (χ0) is 21.8. The van der Waals surface area contributed by atoms with Crippen LogP contribution in [-0.2, 0) is 6.18 Å². The fourth-order valence-electron chi connectivity index (χ4n) is 3.03. The van der Waals surface area contributed by atoms with Crippen LogP contribution in [0.5, 0.6) is 0 Å². The molecule has 4 rings (SSSR count). The standard InChI is InChI=1S/C23H16F3N3OS/c24-23(25,26)18-11-7-10-17(14-18)20(30)15-31-22-28-27-21(16-8-3-1-4-9-16)29(22)19-12-5-2-6-13-19/h1-14H,15H2. The second-order valence-corrected chi connectivity index (χ2v) is 7.58. The van der Waals surface area contributed by atoms with E-state index in [1.165, 1.54) is 12.1 Å². The first-order chi connectivity index (χ1) is 14.9. The third-order valence-corrected chi connectivity index (χ3v) is 5.45. The predicted octanol–water partition coefficient (Wildman–Crippen LogP) is 5.93. The van der Waals surface area contributed by atoms with E-state index in [-0.39, 0.29) is 11.3 Å². The third-order valence-electron chi connectivity index (χ3n) is 4.52. The number of alkyl halides is 3. The van der Waals surface area contributed by atoms with E-state index in [0.717, 1.165) is 35.1 Å². The van der Waals surface area contributed by atoms with E-state index in [1.807, 2.05) is 65.2 Å². The first kappa shape index (κ1) is 20.9. The van der Waals surface area contributed by atoms with Gasteiger partial charge in [-0.15, -0.1) is 10.2 Å². The van der Waals surface area contributed by atoms with Gasteiger partial charge in [-0.1, -0.05) is 72.4 Å². The quantitative estimate of drug-likeness (QED) is 0.276. The van der Waals surface area contributed by atoms with Crippen LogP contribution >= 0.6 is 11.8 Å². The van der Waals surface area contributed by atoms with E-state index in [4.69, 9.17) is 0 Å². The highest BCUT2D eigenvalue weighted by molar-refractivity contribution is 7.99. The van der Waals surface area contributed by atoms with Gasteiger partial charge in [0.15, 0.2) is 16.8 Å². The number of hydrogen-bond donors (Lipinski definition) is 0. The zero-order valence-electron chi connectivity index (χ0n) is 16.1. The van der Waals surface area contributed by atoms with E-state index in [1.54, 1.807) is 0 Å². The van der Waals surface area contributed by atoms with Crippen molar-refractivity contribution >= 4 is 17.5 Å². The molecule has 0 aliphatic heterocycles. The minimum Gasteiger partial charge on any atom is -0.293 e. The highest BCUT2D eigenvalue weighted by atomic mass is 32.2. The molecule has 1 heterocycles. The summed E-state index contributed by atoms with van der Waals surface area (Å²) in [5, 5.41) is 9.00. The van der Waals surface area contributed by atoms with Crippen molar-refractivity contribution in [3.05, 3.63) is 96.1 Å². The van der Waals surface area contributed by atoms with E-state index >= 15 is 0 Å². The van der Waals surface area contributed by atoms with Crippen LogP contribution in [0.2, 0.25) is 0 Å². The van der Waals surface area contributed by atoms with Gasteiger partial charge in [-0.3, -0.25) is 9.36 Å². The smallest absolute Gasteiger partial charge is 0.293 e. The molecule has 0 aliphatic rings. The lowest BCUT2D eigenvalue weighted by Crippen LogP contribution is -2.09. The average molecular weight is 439 g/mol. The van der Waals surface area contributed by atoms with Gasteiger partial charge in [0.05, 0.1) is 11.3 Å². The molecule has 0 unspecified atom stereocenters. The molecule has 0 amide bonds. The van der Waals surface area contributed by atoms with Crippen molar-refractivity contribution in [3.63, 3.8) is 0 Å². The summed E-state index contributed by atoms with van der Waals surface area (Å²) in [4.78, 5) is 12.6. The maximum absolute atomic E-state index is 12.9. The first-order valence-corrected chi connectivity index (χ1v) is 10.3. The van der Waals surface area contributed by atoms with Crippen LogP contribution < -0.4 is 0 Å². The van der Waals surface area contributed by atoms with E-state index in [9.17, 15) is 18.0 Å². The molecule has 0 N–H and O–H groups in total. The molecule has 0 fully saturated rings. The number of carbonyl (C=O) groups is 1.